The maximum absolute atomic E-state index is 13.2. The summed E-state index contributed by atoms with van der Waals surface area (Å²) in [6.45, 7) is 5.35. The Labute approximate surface area is 186 Å². The van der Waals surface area contributed by atoms with Crippen LogP contribution >= 0.6 is 11.8 Å². The van der Waals surface area contributed by atoms with Crippen LogP contribution in [0.15, 0.2) is 52.3 Å². The van der Waals surface area contributed by atoms with E-state index in [9.17, 15) is 18.0 Å². The lowest BCUT2D eigenvalue weighted by Gasteiger charge is -2.35. The van der Waals surface area contributed by atoms with E-state index in [4.69, 9.17) is 0 Å². The van der Waals surface area contributed by atoms with Crippen molar-refractivity contribution in [2.45, 2.75) is 35.3 Å². The van der Waals surface area contributed by atoms with Crippen molar-refractivity contribution in [2.75, 3.05) is 36.4 Å². The minimum Gasteiger partial charge on any atom is -0.369 e. The average Bonchev–Trinajstić information content (AvgIpc) is 2.78. The number of Topliss-reactive ketones (excluding diaryl/α,β-unsaturated/α-hetero) is 1. The first kappa shape index (κ1) is 21.9. The number of ketones is 1. The van der Waals surface area contributed by atoms with Gasteiger partial charge >= 0.3 is 0 Å². The molecule has 0 saturated carbocycles. The molecule has 0 unspecified atom stereocenters. The molecule has 31 heavy (non-hydrogen) atoms. The largest absolute Gasteiger partial charge is 0.369 e. The van der Waals surface area contributed by atoms with E-state index >= 15 is 0 Å². The summed E-state index contributed by atoms with van der Waals surface area (Å²) in [5.74, 6) is -0.0636. The SMILES string of the molecule is CC[C@H]1Sc2ccc(S(=O)(=O)N3CCN(c4ccc(C(C)=O)cc4)CC3)cc2NC1=O. The van der Waals surface area contributed by atoms with Crippen molar-refractivity contribution in [3.8, 4) is 0 Å². The van der Waals surface area contributed by atoms with Crippen LogP contribution in [0, 0.1) is 0 Å². The minimum atomic E-state index is -3.65. The molecule has 2 aliphatic heterocycles. The highest BCUT2D eigenvalue weighted by Gasteiger charge is 2.31. The fourth-order valence-electron chi connectivity index (χ4n) is 3.80. The van der Waals surface area contributed by atoms with Gasteiger partial charge in [0.15, 0.2) is 5.78 Å². The monoisotopic (exact) mass is 459 g/mol. The Balaban J connectivity index is 1.46. The predicted octanol–water partition coefficient (Wildman–Crippen LogP) is 3.22. The molecule has 1 N–H and O–H groups in total. The second-order valence-corrected chi connectivity index (χ2v) is 10.8. The number of thioether (sulfide) groups is 1. The number of carbonyl (C=O) groups is 2. The molecule has 0 spiro atoms. The number of anilines is 2. The highest BCUT2D eigenvalue weighted by molar-refractivity contribution is 8.01. The second kappa shape index (κ2) is 8.64. The van der Waals surface area contributed by atoms with E-state index in [0.717, 1.165) is 17.0 Å². The number of sulfonamides is 1. The van der Waals surface area contributed by atoms with E-state index in [-0.39, 0.29) is 21.8 Å². The van der Waals surface area contributed by atoms with Gasteiger partial charge in [0.2, 0.25) is 15.9 Å². The van der Waals surface area contributed by atoms with Crippen LogP contribution in [0.1, 0.15) is 30.6 Å². The maximum atomic E-state index is 13.2. The first-order chi connectivity index (χ1) is 14.8. The lowest BCUT2D eigenvalue weighted by atomic mass is 10.1. The molecule has 7 nitrogen and oxygen atoms in total. The normalized spacial score (nSPS) is 19.6. The number of nitrogens with zero attached hydrogens (tertiary/aromatic N) is 2. The van der Waals surface area contributed by atoms with Crippen LogP contribution in [0.3, 0.4) is 0 Å². The Hall–Kier alpha value is -2.36. The van der Waals surface area contributed by atoms with Crippen molar-refractivity contribution in [1.82, 2.24) is 4.31 Å². The lowest BCUT2D eigenvalue weighted by Crippen LogP contribution is -2.48. The van der Waals surface area contributed by atoms with Gasteiger partial charge in [0.25, 0.3) is 0 Å². The summed E-state index contributed by atoms with van der Waals surface area (Å²) in [4.78, 5) is 26.8. The van der Waals surface area contributed by atoms with Crippen LogP contribution in [0.2, 0.25) is 0 Å². The highest BCUT2D eigenvalue weighted by atomic mass is 32.2. The van der Waals surface area contributed by atoms with Crippen LogP contribution in [-0.4, -0.2) is 55.8 Å². The molecule has 1 fully saturated rings. The number of piperazine rings is 1. The Bertz CT molecular complexity index is 1110. The number of hydrogen-bond donors (Lipinski definition) is 1. The van der Waals surface area contributed by atoms with Gasteiger partial charge in [-0.25, -0.2) is 8.42 Å². The Morgan fingerprint density at radius 1 is 1.10 bits per heavy atom. The smallest absolute Gasteiger partial charge is 0.243 e. The molecule has 2 heterocycles. The fourth-order valence-corrected chi connectivity index (χ4v) is 6.27. The summed E-state index contributed by atoms with van der Waals surface area (Å²) >= 11 is 1.47. The molecule has 164 valence electrons. The Morgan fingerprint density at radius 2 is 1.77 bits per heavy atom. The van der Waals surface area contributed by atoms with E-state index < -0.39 is 10.0 Å². The molecule has 2 aromatic carbocycles. The first-order valence-corrected chi connectivity index (χ1v) is 12.6. The van der Waals surface area contributed by atoms with Crippen LogP contribution in [0.4, 0.5) is 11.4 Å². The molecular formula is C22H25N3O4S2. The molecule has 2 aromatic rings. The fraction of sp³-hybridized carbons (Fsp3) is 0.364. The van der Waals surface area contributed by atoms with Crippen LogP contribution < -0.4 is 10.2 Å². The van der Waals surface area contributed by atoms with E-state index in [0.29, 0.717) is 37.4 Å². The number of fused-ring (bicyclic) bond motifs is 1. The number of rotatable bonds is 5. The third kappa shape index (κ3) is 4.35. The van der Waals surface area contributed by atoms with Crippen molar-refractivity contribution in [3.63, 3.8) is 0 Å². The summed E-state index contributed by atoms with van der Waals surface area (Å²) in [7, 11) is -3.65. The maximum Gasteiger partial charge on any atom is 0.243 e. The highest BCUT2D eigenvalue weighted by Crippen LogP contribution is 2.38. The average molecular weight is 460 g/mol. The van der Waals surface area contributed by atoms with Gasteiger partial charge in [-0.3, -0.25) is 9.59 Å². The molecule has 9 heteroatoms. The van der Waals surface area contributed by atoms with Crippen molar-refractivity contribution in [3.05, 3.63) is 48.0 Å². The molecule has 0 radical (unpaired) electrons. The van der Waals surface area contributed by atoms with Gasteiger partial charge in [-0.05, 0) is 55.8 Å². The molecule has 2 aliphatic rings. The van der Waals surface area contributed by atoms with Gasteiger partial charge in [0.05, 0.1) is 15.8 Å². The number of benzene rings is 2. The summed E-state index contributed by atoms with van der Waals surface area (Å²) < 4.78 is 27.9. The number of carbonyl (C=O) groups excluding carboxylic acids is 2. The molecule has 4 rings (SSSR count). The van der Waals surface area contributed by atoms with E-state index in [2.05, 4.69) is 10.2 Å². The quantitative estimate of drug-likeness (QED) is 0.691. The molecule has 0 aliphatic carbocycles. The zero-order chi connectivity index (χ0) is 22.2. The third-order valence-corrected chi connectivity index (χ3v) is 8.99. The van der Waals surface area contributed by atoms with Crippen LogP contribution in [-0.2, 0) is 14.8 Å². The van der Waals surface area contributed by atoms with Crippen LogP contribution in [0.25, 0.3) is 0 Å². The lowest BCUT2D eigenvalue weighted by molar-refractivity contribution is -0.115. The van der Waals surface area contributed by atoms with E-state index in [1.165, 1.54) is 23.0 Å². The molecule has 0 bridgehead atoms. The van der Waals surface area contributed by atoms with E-state index in [1.54, 1.807) is 30.3 Å². The zero-order valence-corrected chi connectivity index (χ0v) is 19.1. The van der Waals surface area contributed by atoms with Crippen molar-refractivity contribution in [1.29, 1.82) is 0 Å². The third-order valence-electron chi connectivity index (χ3n) is 5.66. The molecule has 1 saturated heterocycles. The molecule has 0 aromatic heterocycles. The molecular weight excluding hydrogens is 434 g/mol. The first-order valence-electron chi connectivity index (χ1n) is 10.3. The van der Waals surface area contributed by atoms with E-state index in [1.807, 2.05) is 19.1 Å². The van der Waals surface area contributed by atoms with Crippen molar-refractivity contribution in [2.24, 2.45) is 0 Å². The van der Waals surface area contributed by atoms with Gasteiger partial charge in [-0.1, -0.05) is 6.92 Å². The second-order valence-electron chi connectivity index (χ2n) is 7.66. The number of nitrogens with one attached hydrogen (secondary N) is 1. The molecule has 1 amide bonds. The number of amides is 1. The van der Waals surface area contributed by atoms with Gasteiger partial charge in [-0.15, -0.1) is 11.8 Å². The predicted molar refractivity (Wildman–Crippen MR) is 122 cm³/mol. The Morgan fingerprint density at radius 3 is 2.39 bits per heavy atom. The standard InChI is InChI=1S/C22H25N3O4S2/c1-3-20-22(27)23-19-14-18(8-9-21(19)30-20)31(28,29)25-12-10-24(11-13-25)17-6-4-16(5-7-17)15(2)26/h4-9,14,20H,3,10-13H2,1-2H3,(H,23,27)/t20-/m1/s1. The van der Waals surface area contributed by atoms with Gasteiger partial charge < -0.3 is 10.2 Å². The minimum absolute atomic E-state index is 0.0207. The van der Waals surface area contributed by atoms with Gasteiger partial charge in [0.1, 0.15) is 0 Å². The van der Waals surface area contributed by atoms with Crippen molar-refractivity contribution < 1.29 is 18.0 Å². The summed E-state index contributed by atoms with van der Waals surface area (Å²) in [5.41, 5.74) is 2.19. The number of hydrogen-bond acceptors (Lipinski definition) is 6. The van der Waals surface area contributed by atoms with Crippen molar-refractivity contribution >= 4 is 44.9 Å². The zero-order valence-electron chi connectivity index (χ0n) is 17.5. The Kier molecular flexibility index (Phi) is 6.09. The topological polar surface area (TPSA) is 86.8 Å². The van der Waals surface area contributed by atoms with Crippen LogP contribution in [0.5, 0.6) is 0 Å². The molecule has 1 atom stereocenters. The van der Waals surface area contributed by atoms with Gasteiger partial charge in [-0.2, -0.15) is 4.31 Å². The van der Waals surface area contributed by atoms with Gasteiger partial charge in [0, 0.05) is 42.3 Å². The summed E-state index contributed by atoms with van der Waals surface area (Å²) in [6, 6.07) is 12.4. The summed E-state index contributed by atoms with van der Waals surface area (Å²) in [5, 5.41) is 2.70. The summed E-state index contributed by atoms with van der Waals surface area (Å²) in [6.07, 6.45) is 0.720.